The molecule has 1 saturated heterocycles. The van der Waals surface area contributed by atoms with E-state index in [0.717, 1.165) is 0 Å². The Morgan fingerprint density at radius 3 is 3.24 bits per heavy atom. The second kappa shape index (κ2) is 5.07. The Morgan fingerprint density at radius 2 is 2.53 bits per heavy atom. The zero-order valence-electron chi connectivity index (χ0n) is 9.28. The third-order valence-corrected chi connectivity index (χ3v) is 2.66. The van der Waals surface area contributed by atoms with Gasteiger partial charge in [0.05, 0.1) is 17.6 Å². The largest absolute Gasteiger partial charge is 0.373 e. The van der Waals surface area contributed by atoms with Gasteiger partial charge in [-0.05, 0) is 6.07 Å². The van der Waals surface area contributed by atoms with Crippen molar-refractivity contribution in [2.75, 3.05) is 31.1 Å². The Kier molecular flexibility index (Phi) is 3.50. The fourth-order valence-corrected chi connectivity index (χ4v) is 1.83. The van der Waals surface area contributed by atoms with Crippen molar-refractivity contribution in [3.63, 3.8) is 0 Å². The Balaban J connectivity index is 2.24. The van der Waals surface area contributed by atoms with Gasteiger partial charge in [0.25, 0.3) is 0 Å². The van der Waals surface area contributed by atoms with Gasteiger partial charge in [-0.1, -0.05) is 0 Å². The second-order valence-corrected chi connectivity index (χ2v) is 3.78. The fourth-order valence-electron chi connectivity index (χ4n) is 1.83. The molecule has 0 bridgehead atoms. The molecule has 1 aromatic heterocycles. The second-order valence-electron chi connectivity index (χ2n) is 3.78. The molecule has 0 amide bonds. The van der Waals surface area contributed by atoms with Crippen molar-refractivity contribution in [2.24, 2.45) is 5.73 Å². The van der Waals surface area contributed by atoms with E-state index < -0.39 is 4.92 Å². The third kappa shape index (κ3) is 2.51. The highest BCUT2D eigenvalue weighted by Crippen LogP contribution is 2.26. The Labute approximate surface area is 98.3 Å². The molecule has 7 heteroatoms. The Hall–Kier alpha value is -1.73. The quantitative estimate of drug-likeness (QED) is 0.595. The lowest BCUT2D eigenvalue weighted by molar-refractivity contribution is -0.384. The molecule has 2 rings (SSSR count). The van der Waals surface area contributed by atoms with Gasteiger partial charge in [0, 0.05) is 31.9 Å². The molecule has 0 aromatic carbocycles. The molecule has 0 radical (unpaired) electrons. The van der Waals surface area contributed by atoms with Gasteiger partial charge in [0.15, 0.2) is 0 Å². The molecule has 0 aliphatic carbocycles. The summed E-state index contributed by atoms with van der Waals surface area (Å²) in [4.78, 5) is 16.4. The van der Waals surface area contributed by atoms with Crippen LogP contribution in [0.3, 0.4) is 0 Å². The van der Waals surface area contributed by atoms with Crippen LogP contribution in [0.15, 0.2) is 18.3 Å². The maximum atomic E-state index is 10.9. The predicted octanol–water partition coefficient (Wildman–Crippen LogP) is 0.154. The number of anilines is 1. The van der Waals surface area contributed by atoms with E-state index in [4.69, 9.17) is 10.5 Å². The van der Waals surface area contributed by atoms with Gasteiger partial charge in [0.1, 0.15) is 0 Å². The van der Waals surface area contributed by atoms with Crippen LogP contribution in [0, 0.1) is 10.1 Å². The highest BCUT2D eigenvalue weighted by Gasteiger charge is 2.26. The van der Waals surface area contributed by atoms with E-state index in [1.807, 2.05) is 4.90 Å². The lowest BCUT2D eigenvalue weighted by Gasteiger charge is -2.32. The standard InChI is InChI=1S/C10H14N4O3/c11-6-8-7-13(4-5-17-8)10-9(14(15)16)2-1-3-12-10/h1-3,8H,4-7,11H2. The average molecular weight is 238 g/mol. The molecule has 1 aromatic rings. The van der Waals surface area contributed by atoms with Crippen LogP contribution in [-0.2, 0) is 4.74 Å². The molecule has 1 atom stereocenters. The smallest absolute Gasteiger partial charge is 0.311 e. The minimum absolute atomic E-state index is 0.0187. The highest BCUT2D eigenvalue weighted by atomic mass is 16.6. The molecule has 2 heterocycles. The molecule has 1 unspecified atom stereocenters. The summed E-state index contributed by atoms with van der Waals surface area (Å²) in [6.45, 7) is 2.04. The molecule has 17 heavy (non-hydrogen) atoms. The first-order valence-corrected chi connectivity index (χ1v) is 5.38. The zero-order chi connectivity index (χ0) is 12.3. The number of nitro groups is 1. The predicted molar refractivity (Wildman–Crippen MR) is 61.9 cm³/mol. The number of nitrogens with two attached hydrogens (primary N) is 1. The van der Waals surface area contributed by atoms with E-state index in [1.165, 1.54) is 6.07 Å². The first-order valence-electron chi connectivity index (χ1n) is 5.38. The van der Waals surface area contributed by atoms with E-state index in [0.29, 0.717) is 32.1 Å². The number of nitrogens with zero attached hydrogens (tertiary/aromatic N) is 3. The number of hydrogen-bond donors (Lipinski definition) is 1. The molecule has 1 aliphatic heterocycles. The molecule has 1 aliphatic rings. The van der Waals surface area contributed by atoms with Crippen molar-refractivity contribution in [3.05, 3.63) is 28.4 Å². The Morgan fingerprint density at radius 1 is 1.71 bits per heavy atom. The van der Waals surface area contributed by atoms with Gasteiger partial charge in [0.2, 0.25) is 5.82 Å². The summed E-state index contributed by atoms with van der Waals surface area (Å²) in [5, 5.41) is 10.9. The molecular formula is C10H14N4O3. The lowest BCUT2D eigenvalue weighted by Crippen LogP contribution is -2.46. The molecule has 1 fully saturated rings. The monoisotopic (exact) mass is 238 g/mol. The van der Waals surface area contributed by atoms with Gasteiger partial charge >= 0.3 is 5.69 Å². The van der Waals surface area contributed by atoms with Crippen LogP contribution in [0.1, 0.15) is 0 Å². The van der Waals surface area contributed by atoms with Crippen LogP contribution < -0.4 is 10.6 Å². The summed E-state index contributed by atoms with van der Waals surface area (Å²) in [5.41, 5.74) is 5.55. The van der Waals surface area contributed by atoms with Crippen LogP contribution in [0.2, 0.25) is 0 Å². The molecule has 0 saturated carbocycles. The lowest BCUT2D eigenvalue weighted by atomic mass is 10.2. The maximum absolute atomic E-state index is 10.9. The van der Waals surface area contributed by atoms with Crippen molar-refractivity contribution < 1.29 is 9.66 Å². The summed E-state index contributed by atoms with van der Waals surface area (Å²) in [5.74, 6) is 0.388. The van der Waals surface area contributed by atoms with E-state index in [9.17, 15) is 10.1 Å². The zero-order valence-corrected chi connectivity index (χ0v) is 9.28. The number of hydrogen-bond acceptors (Lipinski definition) is 6. The normalized spacial score (nSPS) is 20.3. The molecular weight excluding hydrogens is 224 g/mol. The van der Waals surface area contributed by atoms with E-state index in [1.54, 1.807) is 12.3 Å². The van der Waals surface area contributed by atoms with Gasteiger partial charge in [-0.2, -0.15) is 0 Å². The summed E-state index contributed by atoms with van der Waals surface area (Å²) < 4.78 is 5.41. The van der Waals surface area contributed by atoms with Crippen molar-refractivity contribution in [2.45, 2.75) is 6.10 Å². The van der Waals surface area contributed by atoms with Gasteiger partial charge in [-0.25, -0.2) is 4.98 Å². The fraction of sp³-hybridized carbons (Fsp3) is 0.500. The molecule has 7 nitrogen and oxygen atoms in total. The van der Waals surface area contributed by atoms with Crippen molar-refractivity contribution >= 4 is 11.5 Å². The Bertz CT molecular complexity index is 412. The number of aromatic nitrogens is 1. The number of rotatable bonds is 3. The summed E-state index contributed by atoms with van der Waals surface area (Å²) in [6.07, 6.45) is 1.46. The van der Waals surface area contributed by atoms with Gasteiger partial charge in [-0.15, -0.1) is 0 Å². The van der Waals surface area contributed by atoms with Crippen LogP contribution in [-0.4, -0.2) is 42.3 Å². The van der Waals surface area contributed by atoms with Crippen molar-refractivity contribution in [1.82, 2.24) is 4.98 Å². The molecule has 2 N–H and O–H groups in total. The average Bonchev–Trinajstić information content (AvgIpc) is 2.39. The van der Waals surface area contributed by atoms with E-state index in [2.05, 4.69) is 4.98 Å². The number of ether oxygens (including phenoxy) is 1. The summed E-state index contributed by atoms with van der Waals surface area (Å²) in [7, 11) is 0. The molecule has 92 valence electrons. The summed E-state index contributed by atoms with van der Waals surface area (Å²) in [6, 6.07) is 3.01. The minimum atomic E-state index is -0.421. The van der Waals surface area contributed by atoms with Crippen molar-refractivity contribution in [3.8, 4) is 0 Å². The first kappa shape index (κ1) is 11.7. The van der Waals surface area contributed by atoms with Crippen LogP contribution >= 0.6 is 0 Å². The third-order valence-electron chi connectivity index (χ3n) is 2.66. The minimum Gasteiger partial charge on any atom is -0.373 e. The van der Waals surface area contributed by atoms with Crippen LogP contribution in [0.4, 0.5) is 11.5 Å². The number of morpholine rings is 1. The first-order chi connectivity index (χ1) is 8.22. The van der Waals surface area contributed by atoms with Crippen molar-refractivity contribution in [1.29, 1.82) is 0 Å². The highest BCUT2D eigenvalue weighted by molar-refractivity contribution is 5.57. The molecule has 0 spiro atoms. The van der Waals surface area contributed by atoms with E-state index >= 15 is 0 Å². The van der Waals surface area contributed by atoms with Crippen LogP contribution in [0.25, 0.3) is 0 Å². The number of pyridine rings is 1. The van der Waals surface area contributed by atoms with Gasteiger partial charge in [-0.3, -0.25) is 10.1 Å². The van der Waals surface area contributed by atoms with Gasteiger partial charge < -0.3 is 15.4 Å². The SMILES string of the molecule is NCC1CN(c2ncccc2[N+](=O)[O-])CCO1. The summed E-state index contributed by atoms with van der Waals surface area (Å²) >= 11 is 0. The maximum Gasteiger partial charge on any atom is 0.311 e. The van der Waals surface area contributed by atoms with E-state index in [-0.39, 0.29) is 11.8 Å². The van der Waals surface area contributed by atoms with Crippen LogP contribution in [0.5, 0.6) is 0 Å². The topological polar surface area (TPSA) is 94.5 Å².